The lowest BCUT2D eigenvalue weighted by atomic mass is 10.1. The number of aliphatic hydroxyl groups excluding tert-OH is 1. The van der Waals surface area contributed by atoms with Gasteiger partial charge in [0.1, 0.15) is 0 Å². The number of nitrogens with one attached hydrogen (secondary N) is 1. The lowest BCUT2D eigenvalue weighted by Gasteiger charge is -2.29. The Labute approximate surface area is 176 Å². The zero-order chi connectivity index (χ0) is 20.9. The summed E-state index contributed by atoms with van der Waals surface area (Å²) in [6, 6.07) is 10.7. The second-order valence-electron chi connectivity index (χ2n) is 7.96. The van der Waals surface area contributed by atoms with Gasteiger partial charge >= 0.3 is 0 Å². The highest BCUT2D eigenvalue weighted by Crippen LogP contribution is 2.36. The number of piperidine rings is 1. The zero-order valence-corrected chi connectivity index (χ0v) is 17.1. The van der Waals surface area contributed by atoms with Crippen LogP contribution in [-0.4, -0.2) is 52.5 Å². The van der Waals surface area contributed by atoms with Crippen LogP contribution in [0.15, 0.2) is 42.6 Å². The van der Waals surface area contributed by atoms with Crippen molar-refractivity contribution in [1.82, 2.24) is 9.88 Å². The van der Waals surface area contributed by atoms with E-state index in [1.54, 1.807) is 41.4 Å². The number of rotatable bonds is 6. The Bertz CT molecular complexity index is 909. The molecule has 0 bridgehead atoms. The molecule has 1 aromatic heterocycles. The van der Waals surface area contributed by atoms with Crippen molar-refractivity contribution in [2.75, 3.05) is 29.9 Å². The molecule has 4 rings (SSSR count). The number of hydrogen-bond donors (Lipinski definition) is 2. The van der Waals surface area contributed by atoms with Gasteiger partial charge in [-0.15, -0.1) is 0 Å². The van der Waals surface area contributed by atoms with E-state index in [1.165, 1.54) is 0 Å². The Morgan fingerprint density at radius 3 is 2.73 bits per heavy atom. The number of pyridine rings is 1. The summed E-state index contributed by atoms with van der Waals surface area (Å²) in [5.74, 6) is 0.175. The van der Waals surface area contributed by atoms with E-state index < -0.39 is 0 Å². The number of aromatic nitrogens is 1. The number of aliphatic hydroxyl groups is 1. The fraction of sp³-hybridized carbons (Fsp3) is 0.435. The summed E-state index contributed by atoms with van der Waals surface area (Å²) in [5.41, 5.74) is 1.58. The third-order valence-electron chi connectivity index (χ3n) is 5.81. The van der Waals surface area contributed by atoms with E-state index in [2.05, 4.69) is 15.2 Å². The van der Waals surface area contributed by atoms with Gasteiger partial charge in [-0.1, -0.05) is 18.6 Å². The van der Waals surface area contributed by atoms with Gasteiger partial charge in [-0.2, -0.15) is 0 Å². The third kappa shape index (κ3) is 4.52. The van der Waals surface area contributed by atoms with Crippen molar-refractivity contribution in [2.45, 2.75) is 44.6 Å². The molecule has 2 aliphatic rings. The van der Waals surface area contributed by atoms with Crippen LogP contribution in [0.5, 0.6) is 0 Å². The number of para-hydroxylation sites is 1. The Hall–Kier alpha value is -2.77. The van der Waals surface area contributed by atoms with Crippen LogP contribution in [-0.2, 0) is 4.79 Å². The summed E-state index contributed by atoms with van der Waals surface area (Å²) >= 11 is 0. The first kappa shape index (κ1) is 20.5. The minimum atomic E-state index is -0.234. The fourth-order valence-electron chi connectivity index (χ4n) is 4.13. The highest BCUT2D eigenvalue weighted by atomic mass is 16.3. The molecule has 1 saturated heterocycles. The molecule has 2 aliphatic heterocycles. The molecule has 0 radical (unpaired) electrons. The number of hydrogen-bond acceptors (Lipinski definition) is 5. The average molecular weight is 409 g/mol. The van der Waals surface area contributed by atoms with Crippen LogP contribution >= 0.6 is 0 Å². The number of benzene rings is 1. The van der Waals surface area contributed by atoms with E-state index in [4.69, 9.17) is 0 Å². The minimum Gasteiger partial charge on any atom is -0.393 e. The SMILES string of the molecule is O=C1Nc2cccnc2N(C(=O)CCCCCN2CCC(O)CC2)c2ccccc21. The quantitative estimate of drug-likeness (QED) is 0.716. The number of carbonyl (C=O) groups excluding carboxylic acids is 2. The first-order valence-electron chi connectivity index (χ1n) is 10.7. The molecule has 30 heavy (non-hydrogen) atoms. The van der Waals surface area contributed by atoms with E-state index in [0.717, 1.165) is 51.7 Å². The molecule has 158 valence electrons. The number of amides is 2. The van der Waals surface area contributed by atoms with E-state index in [1.807, 2.05) is 6.07 Å². The molecule has 7 heteroatoms. The van der Waals surface area contributed by atoms with E-state index >= 15 is 0 Å². The Balaban J connectivity index is 1.40. The maximum atomic E-state index is 13.2. The van der Waals surface area contributed by atoms with Gasteiger partial charge in [0.25, 0.3) is 5.91 Å². The summed E-state index contributed by atoms with van der Waals surface area (Å²) in [5, 5.41) is 12.5. The molecule has 1 aromatic carbocycles. The van der Waals surface area contributed by atoms with Crippen LogP contribution in [0.25, 0.3) is 0 Å². The summed E-state index contributed by atoms with van der Waals surface area (Å²) in [6.45, 7) is 2.92. The second kappa shape index (κ2) is 9.36. The third-order valence-corrected chi connectivity index (χ3v) is 5.81. The van der Waals surface area contributed by atoms with E-state index in [-0.39, 0.29) is 17.9 Å². The van der Waals surface area contributed by atoms with Gasteiger partial charge in [0.15, 0.2) is 5.82 Å². The van der Waals surface area contributed by atoms with Crippen molar-refractivity contribution >= 4 is 29.0 Å². The number of nitrogens with zero attached hydrogens (tertiary/aromatic N) is 3. The highest BCUT2D eigenvalue weighted by Gasteiger charge is 2.29. The molecule has 0 spiro atoms. The Kier molecular flexibility index (Phi) is 6.40. The smallest absolute Gasteiger partial charge is 0.257 e. The van der Waals surface area contributed by atoms with Crippen LogP contribution in [0, 0.1) is 0 Å². The summed E-state index contributed by atoms with van der Waals surface area (Å²) in [4.78, 5) is 34.2. The van der Waals surface area contributed by atoms with Crippen LogP contribution in [0.1, 0.15) is 48.9 Å². The lowest BCUT2D eigenvalue weighted by molar-refractivity contribution is -0.118. The van der Waals surface area contributed by atoms with Crippen molar-refractivity contribution in [3.63, 3.8) is 0 Å². The van der Waals surface area contributed by atoms with Crippen molar-refractivity contribution in [2.24, 2.45) is 0 Å². The van der Waals surface area contributed by atoms with E-state index in [0.29, 0.717) is 29.2 Å². The number of fused-ring (bicyclic) bond motifs is 2. The van der Waals surface area contributed by atoms with Gasteiger partial charge in [-0.05, 0) is 56.5 Å². The molecule has 1 fully saturated rings. The molecule has 2 amide bonds. The maximum absolute atomic E-state index is 13.2. The largest absolute Gasteiger partial charge is 0.393 e. The normalized spacial score (nSPS) is 17.1. The van der Waals surface area contributed by atoms with E-state index in [9.17, 15) is 14.7 Å². The number of likely N-dealkylation sites (tertiary alicyclic amines) is 1. The van der Waals surface area contributed by atoms with Crippen molar-refractivity contribution in [3.05, 3.63) is 48.2 Å². The monoisotopic (exact) mass is 408 g/mol. The van der Waals surface area contributed by atoms with Gasteiger partial charge in [0.2, 0.25) is 5.91 Å². The lowest BCUT2D eigenvalue weighted by Crippen LogP contribution is -2.36. The van der Waals surface area contributed by atoms with Gasteiger partial charge in [-0.3, -0.25) is 14.5 Å². The standard InChI is InChI=1S/C23H28N4O3/c28-17-11-15-26(16-12-17)14-5-1-2-10-21(29)27-20-9-4-3-7-18(20)23(30)25-19-8-6-13-24-22(19)27/h3-4,6-9,13,17,28H,1-2,5,10-12,14-16H2,(H,25,30). The highest BCUT2D eigenvalue weighted by molar-refractivity contribution is 6.17. The molecular formula is C23H28N4O3. The van der Waals surface area contributed by atoms with Gasteiger partial charge in [-0.25, -0.2) is 4.98 Å². The van der Waals surface area contributed by atoms with Crippen LogP contribution in [0.4, 0.5) is 17.2 Å². The maximum Gasteiger partial charge on any atom is 0.257 e. The van der Waals surface area contributed by atoms with Crippen LogP contribution < -0.4 is 10.2 Å². The van der Waals surface area contributed by atoms with Crippen molar-refractivity contribution in [1.29, 1.82) is 0 Å². The number of carbonyl (C=O) groups is 2. The summed E-state index contributed by atoms with van der Waals surface area (Å²) in [7, 11) is 0. The van der Waals surface area contributed by atoms with Gasteiger partial charge in [0, 0.05) is 25.7 Å². The number of anilines is 3. The second-order valence-corrected chi connectivity index (χ2v) is 7.96. The predicted molar refractivity (Wildman–Crippen MR) is 116 cm³/mol. The number of unbranched alkanes of at least 4 members (excludes halogenated alkanes) is 2. The van der Waals surface area contributed by atoms with Crippen LogP contribution in [0.3, 0.4) is 0 Å². The van der Waals surface area contributed by atoms with Gasteiger partial charge < -0.3 is 15.3 Å². The molecule has 7 nitrogen and oxygen atoms in total. The molecule has 0 atom stereocenters. The minimum absolute atomic E-state index is 0.0556. The fourth-order valence-corrected chi connectivity index (χ4v) is 4.13. The van der Waals surface area contributed by atoms with Crippen LogP contribution in [0.2, 0.25) is 0 Å². The van der Waals surface area contributed by atoms with Crippen molar-refractivity contribution in [3.8, 4) is 0 Å². The molecule has 3 heterocycles. The average Bonchev–Trinajstić information content (AvgIpc) is 2.88. The summed E-state index contributed by atoms with van der Waals surface area (Å²) < 4.78 is 0. The first-order valence-corrected chi connectivity index (χ1v) is 10.7. The summed E-state index contributed by atoms with van der Waals surface area (Å²) in [6.07, 6.45) is 6.39. The molecule has 2 aromatic rings. The predicted octanol–water partition coefficient (Wildman–Crippen LogP) is 3.33. The first-order chi connectivity index (χ1) is 14.6. The molecular weight excluding hydrogens is 380 g/mol. The molecule has 2 N–H and O–H groups in total. The topological polar surface area (TPSA) is 85.8 Å². The zero-order valence-electron chi connectivity index (χ0n) is 17.1. The van der Waals surface area contributed by atoms with Crippen molar-refractivity contribution < 1.29 is 14.7 Å². The molecule has 0 aliphatic carbocycles. The van der Waals surface area contributed by atoms with Gasteiger partial charge in [0.05, 0.1) is 23.0 Å². The molecule has 0 unspecified atom stereocenters. The Morgan fingerprint density at radius 1 is 1.10 bits per heavy atom. The molecule has 0 saturated carbocycles. The Morgan fingerprint density at radius 2 is 1.90 bits per heavy atom.